The monoisotopic (exact) mass is 355 g/mol. The molecule has 0 bridgehead atoms. The normalized spacial score (nSPS) is 17.2. The molecule has 1 atom stereocenters. The van der Waals surface area contributed by atoms with Crippen molar-refractivity contribution in [2.45, 2.75) is 31.8 Å². The van der Waals surface area contributed by atoms with Gasteiger partial charge in [0.25, 0.3) is 0 Å². The fourth-order valence-electron chi connectivity index (χ4n) is 3.40. The minimum absolute atomic E-state index is 0.0444. The summed E-state index contributed by atoms with van der Waals surface area (Å²) in [7, 11) is 1.36. The summed E-state index contributed by atoms with van der Waals surface area (Å²) < 4.78 is 17.7. The quantitative estimate of drug-likeness (QED) is 0.583. The summed E-state index contributed by atoms with van der Waals surface area (Å²) in [5.74, 6) is -0.636. The molecule has 26 heavy (non-hydrogen) atoms. The average molecular weight is 355 g/mol. The Hall–Kier alpha value is -2.53. The number of benzene rings is 2. The van der Waals surface area contributed by atoms with Gasteiger partial charge in [-0.2, -0.15) is 0 Å². The Bertz CT molecular complexity index is 771. The number of carbonyl (C=O) groups excluding carboxylic acids is 2. The summed E-state index contributed by atoms with van der Waals surface area (Å²) in [5.41, 5.74) is 2.18. The molecule has 0 unspecified atom stereocenters. The van der Waals surface area contributed by atoms with Gasteiger partial charge in [0, 0.05) is 24.6 Å². The molecule has 0 saturated carbocycles. The average Bonchev–Trinajstić information content (AvgIpc) is 3.09. The molecule has 0 N–H and O–H groups in total. The number of carbonyl (C=O) groups is 2. The number of hydrogen-bond donors (Lipinski definition) is 0. The summed E-state index contributed by atoms with van der Waals surface area (Å²) in [4.78, 5) is 26.3. The van der Waals surface area contributed by atoms with Crippen molar-refractivity contribution < 1.29 is 18.7 Å². The van der Waals surface area contributed by atoms with Crippen LogP contribution in [0.3, 0.4) is 0 Å². The van der Waals surface area contributed by atoms with Crippen LogP contribution in [0.2, 0.25) is 0 Å². The summed E-state index contributed by atoms with van der Waals surface area (Å²) in [6.07, 6.45) is 2.47. The summed E-state index contributed by atoms with van der Waals surface area (Å²) in [6, 6.07) is 13.3. The molecule has 136 valence electrons. The molecule has 5 heteroatoms. The van der Waals surface area contributed by atoms with Gasteiger partial charge < -0.3 is 4.74 Å². The number of halogens is 1. The van der Waals surface area contributed by atoms with Crippen molar-refractivity contribution in [3.05, 3.63) is 71.0 Å². The van der Waals surface area contributed by atoms with Crippen LogP contribution in [0.4, 0.5) is 4.39 Å². The highest BCUT2D eigenvalue weighted by Gasteiger charge is 2.27. The van der Waals surface area contributed by atoms with Gasteiger partial charge in [0.2, 0.25) is 0 Å². The Labute approximate surface area is 152 Å². The molecule has 2 aromatic carbocycles. The third-order valence-electron chi connectivity index (χ3n) is 4.85. The first-order valence-electron chi connectivity index (χ1n) is 8.77. The van der Waals surface area contributed by atoms with Crippen LogP contribution in [0.5, 0.6) is 0 Å². The topological polar surface area (TPSA) is 46.6 Å². The van der Waals surface area contributed by atoms with Gasteiger partial charge in [-0.3, -0.25) is 9.69 Å². The minimum atomic E-state index is -0.347. The first-order chi connectivity index (χ1) is 12.6. The molecule has 2 aromatic rings. The number of methoxy groups -OCH3 is 1. The van der Waals surface area contributed by atoms with Crippen LogP contribution in [0.25, 0.3) is 0 Å². The number of esters is 1. The summed E-state index contributed by atoms with van der Waals surface area (Å²) >= 11 is 0. The lowest BCUT2D eigenvalue weighted by Crippen LogP contribution is -2.31. The van der Waals surface area contributed by atoms with Crippen molar-refractivity contribution in [2.75, 3.05) is 13.7 Å². The van der Waals surface area contributed by atoms with Crippen LogP contribution < -0.4 is 0 Å². The molecule has 0 spiro atoms. The van der Waals surface area contributed by atoms with Crippen molar-refractivity contribution in [1.82, 2.24) is 4.90 Å². The van der Waals surface area contributed by atoms with Gasteiger partial charge >= 0.3 is 5.97 Å². The number of ketones is 1. The van der Waals surface area contributed by atoms with E-state index in [9.17, 15) is 14.0 Å². The Morgan fingerprint density at radius 3 is 2.38 bits per heavy atom. The second-order valence-corrected chi connectivity index (χ2v) is 6.59. The smallest absolute Gasteiger partial charge is 0.337 e. The fraction of sp³-hybridized carbons (Fsp3) is 0.333. The minimum Gasteiger partial charge on any atom is -0.465 e. The van der Waals surface area contributed by atoms with E-state index in [1.807, 2.05) is 12.1 Å². The maximum Gasteiger partial charge on any atom is 0.337 e. The third kappa shape index (κ3) is 4.35. The van der Waals surface area contributed by atoms with E-state index in [0.29, 0.717) is 17.5 Å². The van der Waals surface area contributed by atoms with Gasteiger partial charge in [-0.1, -0.05) is 12.1 Å². The second kappa shape index (κ2) is 8.23. The number of rotatable bonds is 6. The van der Waals surface area contributed by atoms with E-state index in [2.05, 4.69) is 4.90 Å². The van der Waals surface area contributed by atoms with Crippen LogP contribution in [0, 0.1) is 5.82 Å². The molecule has 0 radical (unpaired) electrons. The SMILES string of the molecule is COC(=O)c1ccc(CN2CCC[C@H]2CC(=O)c2ccc(F)cc2)cc1. The van der Waals surface area contributed by atoms with E-state index >= 15 is 0 Å². The highest BCUT2D eigenvalue weighted by atomic mass is 19.1. The predicted molar refractivity (Wildman–Crippen MR) is 96.6 cm³/mol. The Balaban J connectivity index is 1.62. The Morgan fingerprint density at radius 1 is 1.08 bits per heavy atom. The van der Waals surface area contributed by atoms with E-state index in [1.54, 1.807) is 24.3 Å². The molecular weight excluding hydrogens is 333 g/mol. The first kappa shape index (κ1) is 18.3. The largest absolute Gasteiger partial charge is 0.465 e. The molecule has 0 amide bonds. The lowest BCUT2D eigenvalue weighted by Gasteiger charge is -2.24. The van der Waals surface area contributed by atoms with Crippen molar-refractivity contribution in [2.24, 2.45) is 0 Å². The molecule has 1 aliphatic rings. The van der Waals surface area contributed by atoms with E-state index in [0.717, 1.165) is 31.5 Å². The van der Waals surface area contributed by atoms with E-state index < -0.39 is 0 Å². The van der Waals surface area contributed by atoms with Crippen LogP contribution >= 0.6 is 0 Å². The van der Waals surface area contributed by atoms with Gasteiger partial charge in [-0.25, -0.2) is 9.18 Å². The third-order valence-corrected chi connectivity index (χ3v) is 4.85. The molecule has 0 aromatic heterocycles. The number of ether oxygens (including phenoxy) is 1. The molecule has 0 aliphatic carbocycles. The molecule has 3 rings (SSSR count). The van der Waals surface area contributed by atoms with Crippen LogP contribution in [-0.4, -0.2) is 36.3 Å². The van der Waals surface area contributed by atoms with Gasteiger partial charge in [0.1, 0.15) is 5.82 Å². The Morgan fingerprint density at radius 2 is 1.73 bits per heavy atom. The number of Topliss-reactive ketones (excluding diaryl/α,β-unsaturated/α-hetero) is 1. The van der Waals surface area contributed by atoms with Gasteiger partial charge in [-0.05, 0) is 61.3 Å². The second-order valence-electron chi connectivity index (χ2n) is 6.59. The zero-order valence-electron chi connectivity index (χ0n) is 14.8. The maximum atomic E-state index is 13.0. The summed E-state index contributed by atoms with van der Waals surface area (Å²) in [5, 5.41) is 0. The van der Waals surface area contributed by atoms with Crippen LogP contribution in [0.15, 0.2) is 48.5 Å². The zero-order chi connectivity index (χ0) is 18.5. The standard InChI is InChI=1S/C21H22FNO3/c1-26-21(25)17-6-4-15(5-7-17)14-23-12-2-3-19(23)13-20(24)16-8-10-18(22)11-9-16/h4-11,19H,2-3,12-14H2,1H3/t19-/m0/s1. The number of likely N-dealkylation sites (tertiary alicyclic amines) is 1. The molecule has 4 nitrogen and oxygen atoms in total. The number of hydrogen-bond acceptors (Lipinski definition) is 4. The van der Waals surface area contributed by atoms with Gasteiger partial charge in [-0.15, -0.1) is 0 Å². The Kier molecular flexibility index (Phi) is 5.78. The summed E-state index contributed by atoms with van der Waals surface area (Å²) in [6.45, 7) is 1.68. The molecule has 1 heterocycles. The van der Waals surface area contributed by atoms with Crippen LogP contribution in [0.1, 0.15) is 45.5 Å². The van der Waals surface area contributed by atoms with E-state index in [4.69, 9.17) is 4.74 Å². The molecular formula is C21H22FNO3. The van der Waals surface area contributed by atoms with Gasteiger partial charge in [0.15, 0.2) is 5.78 Å². The fourth-order valence-corrected chi connectivity index (χ4v) is 3.40. The molecule has 1 fully saturated rings. The number of nitrogens with zero attached hydrogens (tertiary/aromatic N) is 1. The van der Waals surface area contributed by atoms with Crippen molar-refractivity contribution in [3.8, 4) is 0 Å². The lowest BCUT2D eigenvalue weighted by molar-refractivity contribution is 0.0600. The van der Waals surface area contributed by atoms with Crippen molar-refractivity contribution in [1.29, 1.82) is 0 Å². The first-order valence-corrected chi connectivity index (χ1v) is 8.77. The van der Waals surface area contributed by atoms with Crippen molar-refractivity contribution >= 4 is 11.8 Å². The highest BCUT2D eigenvalue weighted by molar-refractivity contribution is 5.96. The highest BCUT2D eigenvalue weighted by Crippen LogP contribution is 2.24. The van der Waals surface area contributed by atoms with Crippen molar-refractivity contribution in [3.63, 3.8) is 0 Å². The zero-order valence-corrected chi connectivity index (χ0v) is 14.8. The van der Waals surface area contributed by atoms with E-state index in [1.165, 1.54) is 19.2 Å². The predicted octanol–water partition coefficient (Wildman–Crippen LogP) is 3.85. The maximum absolute atomic E-state index is 13.0. The van der Waals surface area contributed by atoms with E-state index in [-0.39, 0.29) is 23.6 Å². The van der Waals surface area contributed by atoms with Crippen LogP contribution in [-0.2, 0) is 11.3 Å². The molecule has 1 saturated heterocycles. The van der Waals surface area contributed by atoms with Gasteiger partial charge in [0.05, 0.1) is 12.7 Å². The lowest BCUT2D eigenvalue weighted by atomic mass is 10.0. The molecule has 1 aliphatic heterocycles.